The van der Waals surface area contributed by atoms with Crippen molar-refractivity contribution in [3.05, 3.63) is 101 Å². The Morgan fingerprint density at radius 3 is 2.36 bits per heavy atom. The molecule has 1 aliphatic rings. The number of nitrogens with zero attached hydrogens (tertiary/aromatic N) is 1. The average Bonchev–Trinajstić information content (AvgIpc) is 3.32. The number of hydrogen-bond donors (Lipinski definition) is 1. The van der Waals surface area contributed by atoms with Gasteiger partial charge in [0.1, 0.15) is 23.4 Å². The van der Waals surface area contributed by atoms with Crippen LogP contribution in [-0.4, -0.2) is 21.7 Å². The lowest BCUT2D eigenvalue weighted by Crippen LogP contribution is -2.29. The van der Waals surface area contributed by atoms with Gasteiger partial charge in [0.2, 0.25) is 0 Å². The van der Waals surface area contributed by atoms with Gasteiger partial charge in [-0.1, -0.05) is 42.5 Å². The molecule has 3 aromatic rings. The SMILES string of the molecule is O=C1C(=O)N(Cc2ccc(F)cc2)C(c2ccco2)/C1=C(/O)c1ccccc1. The van der Waals surface area contributed by atoms with Crippen LogP contribution in [0.4, 0.5) is 4.39 Å². The maximum absolute atomic E-state index is 13.2. The van der Waals surface area contributed by atoms with Crippen molar-refractivity contribution in [3.8, 4) is 0 Å². The number of furan rings is 1. The van der Waals surface area contributed by atoms with E-state index in [1.165, 1.54) is 23.3 Å². The molecule has 6 heteroatoms. The molecule has 0 aliphatic carbocycles. The maximum atomic E-state index is 13.2. The van der Waals surface area contributed by atoms with E-state index < -0.39 is 23.5 Å². The van der Waals surface area contributed by atoms with Gasteiger partial charge in [0.15, 0.2) is 0 Å². The summed E-state index contributed by atoms with van der Waals surface area (Å²) < 4.78 is 18.7. The Morgan fingerprint density at radius 1 is 1.00 bits per heavy atom. The Morgan fingerprint density at radius 2 is 1.71 bits per heavy atom. The minimum absolute atomic E-state index is 0.0340. The molecule has 0 radical (unpaired) electrons. The van der Waals surface area contributed by atoms with Gasteiger partial charge in [-0.15, -0.1) is 0 Å². The highest BCUT2D eigenvalue weighted by molar-refractivity contribution is 6.46. The average molecular weight is 377 g/mol. The number of amides is 1. The lowest BCUT2D eigenvalue weighted by molar-refractivity contribution is -0.140. The molecule has 1 amide bonds. The Bertz CT molecular complexity index is 1040. The number of ketones is 1. The third-order valence-corrected chi connectivity index (χ3v) is 4.67. The molecule has 5 nitrogen and oxygen atoms in total. The lowest BCUT2D eigenvalue weighted by Gasteiger charge is -2.23. The molecule has 1 atom stereocenters. The zero-order valence-corrected chi connectivity index (χ0v) is 14.7. The van der Waals surface area contributed by atoms with Crippen molar-refractivity contribution in [1.82, 2.24) is 4.90 Å². The molecule has 2 aromatic carbocycles. The van der Waals surface area contributed by atoms with Crippen LogP contribution in [0.5, 0.6) is 0 Å². The van der Waals surface area contributed by atoms with E-state index in [4.69, 9.17) is 4.42 Å². The molecule has 140 valence electrons. The number of aliphatic hydroxyl groups excluding tert-OH is 1. The van der Waals surface area contributed by atoms with Gasteiger partial charge in [-0.25, -0.2) is 4.39 Å². The number of rotatable bonds is 4. The molecule has 1 fully saturated rings. The lowest BCUT2D eigenvalue weighted by atomic mass is 9.99. The summed E-state index contributed by atoms with van der Waals surface area (Å²) in [5, 5.41) is 10.8. The van der Waals surface area contributed by atoms with Crippen LogP contribution in [0.3, 0.4) is 0 Å². The van der Waals surface area contributed by atoms with Crippen LogP contribution >= 0.6 is 0 Å². The third-order valence-electron chi connectivity index (χ3n) is 4.67. The first-order chi connectivity index (χ1) is 13.6. The largest absolute Gasteiger partial charge is 0.507 e. The van der Waals surface area contributed by atoms with Gasteiger partial charge in [0, 0.05) is 12.1 Å². The molecular formula is C22H16FNO4. The van der Waals surface area contributed by atoms with Gasteiger partial charge in [0.25, 0.3) is 11.7 Å². The van der Waals surface area contributed by atoms with Gasteiger partial charge in [0.05, 0.1) is 11.8 Å². The molecule has 2 heterocycles. The molecule has 1 N–H and O–H groups in total. The second kappa shape index (κ2) is 7.15. The van der Waals surface area contributed by atoms with Crippen molar-refractivity contribution in [1.29, 1.82) is 0 Å². The van der Waals surface area contributed by atoms with Crippen LogP contribution < -0.4 is 0 Å². The predicted molar refractivity (Wildman–Crippen MR) is 99.4 cm³/mol. The first-order valence-electron chi connectivity index (χ1n) is 8.68. The van der Waals surface area contributed by atoms with E-state index in [0.29, 0.717) is 16.9 Å². The number of carbonyl (C=O) groups is 2. The topological polar surface area (TPSA) is 70.8 Å². The van der Waals surface area contributed by atoms with Crippen molar-refractivity contribution in [2.75, 3.05) is 0 Å². The van der Waals surface area contributed by atoms with Crippen LogP contribution in [0.15, 0.2) is 83.0 Å². The van der Waals surface area contributed by atoms with E-state index >= 15 is 0 Å². The molecule has 0 saturated carbocycles. The van der Waals surface area contributed by atoms with E-state index in [9.17, 15) is 19.1 Å². The van der Waals surface area contributed by atoms with E-state index in [2.05, 4.69) is 0 Å². The van der Waals surface area contributed by atoms with Crippen molar-refractivity contribution < 1.29 is 23.5 Å². The van der Waals surface area contributed by atoms with Crippen molar-refractivity contribution >= 4 is 17.4 Å². The molecule has 28 heavy (non-hydrogen) atoms. The van der Waals surface area contributed by atoms with Crippen LogP contribution in [0.2, 0.25) is 0 Å². The van der Waals surface area contributed by atoms with E-state index in [0.717, 1.165) is 0 Å². The standard InChI is InChI=1S/C22H16FNO4/c23-16-10-8-14(9-11-16)13-24-19(17-7-4-12-28-17)18(21(26)22(24)27)20(25)15-5-2-1-3-6-15/h1-12,19,25H,13H2/b20-18-. The summed E-state index contributed by atoms with van der Waals surface area (Å²) >= 11 is 0. The van der Waals surface area contributed by atoms with Crippen LogP contribution in [0.1, 0.15) is 22.9 Å². The van der Waals surface area contributed by atoms with Crippen molar-refractivity contribution in [3.63, 3.8) is 0 Å². The zero-order valence-electron chi connectivity index (χ0n) is 14.7. The minimum atomic E-state index is -0.875. The highest BCUT2D eigenvalue weighted by Gasteiger charge is 2.47. The summed E-state index contributed by atoms with van der Waals surface area (Å²) in [5.74, 6) is -1.83. The normalized spacial score (nSPS) is 18.6. The summed E-state index contributed by atoms with van der Waals surface area (Å²) in [6, 6.07) is 16.6. The summed E-state index contributed by atoms with van der Waals surface area (Å²) in [5.41, 5.74) is 1.05. The van der Waals surface area contributed by atoms with E-state index in [-0.39, 0.29) is 17.9 Å². The number of benzene rings is 2. The molecule has 0 spiro atoms. The Hall–Kier alpha value is -3.67. The highest BCUT2D eigenvalue weighted by atomic mass is 19.1. The second-order valence-corrected chi connectivity index (χ2v) is 6.43. The third kappa shape index (κ3) is 3.09. The Kier molecular flexibility index (Phi) is 4.53. The van der Waals surface area contributed by atoms with Gasteiger partial charge in [-0.05, 0) is 29.8 Å². The van der Waals surface area contributed by atoms with Crippen LogP contribution in [-0.2, 0) is 16.1 Å². The second-order valence-electron chi connectivity index (χ2n) is 6.43. The van der Waals surface area contributed by atoms with Crippen molar-refractivity contribution in [2.24, 2.45) is 0 Å². The van der Waals surface area contributed by atoms with Crippen molar-refractivity contribution in [2.45, 2.75) is 12.6 Å². The molecule has 1 aromatic heterocycles. The van der Waals surface area contributed by atoms with Gasteiger partial charge in [-0.2, -0.15) is 0 Å². The highest BCUT2D eigenvalue weighted by Crippen LogP contribution is 2.40. The fraction of sp³-hybridized carbons (Fsp3) is 0.0909. The van der Waals surface area contributed by atoms with E-state index in [1.807, 2.05) is 0 Å². The number of aliphatic hydroxyl groups is 1. The fourth-order valence-electron chi connectivity index (χ4n) is 3.32. The fourth-order valence-corrected chi connectivity index (χ4v) is 3.32. The smallest absolute Gasteiger partial charge is 0.296 e. The number of halogens is 1. The van der Waals surface area contributed by atoms with Gasteiger partial charge in [-0.3, -0.25) is 9.59 Å². The molecular weight excluding hydrogens is 361 g/mol. The number of likely N-dealkylation sites (tertiary alicyclic amines) is 1. The Balaban J connectivity index is 1.81. The predicted octanol–water partition coefficient (Wildman–Crippen LogP) is 4.04. The molecule has 1 aliphatic heterocycles. The number of hydrogen-bond acceptors (Lipinski definition) is 4. The summed E-state index contributed by atoms with van der Waals surface area (Å²) in [7, 11) is 0. The quantitative estimate of drug-likeness (QED) is 0.423. The summed E-state index contributed by atoms with van der Waals surface area (Å²) in [6.07, 6.45) is 1.44. The molecule has 0 bridgehead atoms. The molecule has 4 rings (SSSR count). The maximum Gasteiger partial charge on any atom is 0.296 e. The first kappa shape index (κ1) is 17.7. The molecule has 1 unspecified atom stereocenters. The van der Waals surface area contributed by atoms with Crippen LogP contribution in [0.25, 0.3) is 5.76 Å². The first-order valence-corrected chi connectivity index (χ1v) is 8.68. The molecule has 1 saturated heterocycles. The Labute approximate surface area is 160 Å². The number of Topliss-reactive ketones (excluding diaryl/α,β-unsaturated/α-hetero) is 1. The van der Waals surface area contributed by atoms with Gasteiger partial charge >= 0.3 is 0 Å². The zero-order chi connectivity index (χ0) is 19.7. The van der Waals surface area contributed by atoms with Gasteiger partial charge < -0.3 is 14.4 Å². The van der Waals surface area contributed by atoms with Crippen LogP contribution in [0, 0.1) is 5.82 Å². The monoisotopic (exact) mass is 377 g/mol. The van der Waals surface area contributed by atoms with E-state index in [1.54, 1.807) is 54.6 Å². The summed E-state index contributed by atoms with van der Waals surface area (Å²) in [6.45, 7) is 0.0712. The number of carbonyl (C=O) groups excluding carboxylic acids is 2. The summed E-state index contributed by atoms with van der Waals surface area (Å²) in [4.78, 5) is 26.8. The minimum Gasteiger partial charge on any atom is -0.507 e.